The second-order valence-electron chi connectivity index (χ2n) is 4.48. The molecular formula is C13H15ClN2O4. The largest absolute Gasteiger partial charge is 0.374 e. The van der Waals surface area contributed by atoms with E-state index in [1.165, 1.54) is 19.1 Å². The molecule has 2 amide bonds. The molecule has 1 heterocycles. The number of hydroxylamine groups is 2. The maximum Gasteiger partial charge on any atom is 0.265 e. The van der Waals surface area contributed by atoms with Crippen LogP contribution in [0, 0.1) is 0 Å². The molecule has 0 saturated heterocycles. The number of likely N-dealkylation sites (N-methyl/N-ethyl adjacent to an activating group) is 1. The first kappa shape index (κ1) is 14.8. The second-order valence-corrected chi connectivity index (χ2v) is 4.74. The Labute approximate surface area is 121 Å². The van der Waals surface area contributed by atoms with Crippen molar-refractivity contribution < 1.29 is 19.5 Å². The van der Waals surface area contributed by atoms with Gasteiger partial charge in [-0.05, 0) is 6.07 Å². The van der Waals surface area contributed by atoms with Gasteiger partial charge in [0.1, 0.15) is 6.54 Å². The van der Waals surface area contributed by atoms with Gasteiger partial charge in [0.2, 0.25) is 0 Å². The molecule has 2 rings (SSSR count). The third kappa shape index (κ3) is 2.15. The molecule has 7 heteroatoms. The lowest BCUT2D eigenvalue weighted by molar-refractivity contribution is -0.167. The number of hydrogen-bond donors (Lipinski definition) is 1. The van der Waals surface area contributed by atoms with Crippen molar-refractivity contribution in [2.75, 3.05) is 31.5 Å². The van der Waals surface area contributed by atoms with Crippen molar-refractivity contribution >= 4 is 29.1 Å². The van der Waals surface area contributed by atoms with Crippen LogP contribution >= 0.6 is 11.6 Å². The van der Waals surface area contributed by atoms with Gasteiger partial charge >= 0.3 is 0 Å². The minimum absolute atomic E-state index is 0.223. The van der Waals surface area contributed by atoms with Crippen LogP contribution in [-0.2, 0) is 20.0 Å². The number of alkyl halides is 1. The van der Waals surface area contributed by atoms with E-state index in [-0.39, 0.29) is 12.4 Å². The van der Waals surface area contributed by atoms with Crippen molar-refractivity contribution in [2.45, 2.75) is 5.60 Å². The SMILES string of the molecule is CON(C)C(=O)CN1C(=O)C(O)(CCl)c2ccccc21. The molecule has 0 radical (unpaired) electrons. The smallest absolute Gasteiger partial charge is 0.265 e. The van der Waals surface area contributed by atoms with Crippen molar-refractivity contribution in [1.29, 1.82) is 0 Å². The Morgan fingerprint density at radius 1 is 1.50 bits per heavy atom. The van der Waals surface area contributed by atoms with Crippen molar-refractivity contribution in [2.24, 2.45) is 0 Å². The molecule has 1 aliphatic rings. The van der Waals surface area contributed by atoms with E-state index in [0.717, 1.165) is 5.06 Å². The van der Waals surface area contributed by atoms with Gasteiger partial charge in [-0.1, -0.05) is 18.2 Å². The molecule has 6 nitrogen and oxygen atoms in total. The number of aliphatic hydroxyl groups is 1. The van der Waals surface area contributed by atoms with E-state index in [9.17, 15) is 14.7 Å². The van der Waals surface area contributed by atoms with Gasteiger partial charge in [-0.25, -0.2) is 5.06 Å². The Balaban J connectivity index is 2.36. The Kier molecular flexibility index (Phi) is 3.99. The van der Waals surface area contributed by atoms with Gasteiger partial charge < -0.3 is 5.11 Å². The van der Waals surface area contributed by atoms with Crippen molar-refractivity contribution in [3.8, 4) is 0 Å². The van der Waals surface area contributed by atoms with Gasteiger partial charge in [-0.2, -0.15) is 0 Å². The first-order valence-electron chi connectivity index (χ1n) is 5.96. The zero-order valence-electron chi connectivity index (χ0n) is 11.2. The first-order chi connectivity index (χ1) is 9.45. The van der Waals surface area contributed by atoms with Crippen molar-refractivity contribution in [1.82, 2.24) is 5.06 Å². The van der Waals surface area contributed by atoms with Crippen molar-refractivity contribution in [3.05, 3.63) is 29.8 Å². The number of benzene rings is 1. The van der Waals surface area contributed by atoms with Gasteiger partial charge in [0.15, 0.2) is 5.60 Å². The van der Waals surface area contributed by atoms with Gasteiger partial charge in [-0.15, -0.1) is 11.6 Å². The van der Waals surface area contributed by atoms with Crippen LogP contribution in [0.2, 0.25) is 0 Å². The highest BCUT2D eigenvalue weighted by Crippen LogP contribution is 2.40. The lowest BCUT2D eigenvalue weighted by Gasteiger charge is -2.22. The molecule has 1 aromatic carbocycles. The maximum absolute atomic E-state index is 12.3. The number of amides is 2. The normalized spacial score (nSPS) is 21.0. The van der Waals surface area contributed by atoms with E-state index < -0.39 is 17.4 Å². The van der Waals surface area contributed by atoms with Gasteiger partial charge in [0.25, 0.3) is 11.8 Å². The maximum atomic E-state index is 12.3. The average molecular weight is 299 g/mol. The number of anilines is 1. The predicted octanol–water partition coefficient (Wildman–Crippen LogP) is 0.479. The number of hydrogen-bond acceptors (Lipinski definition) is 4. The molecule has 1 unspecified atom stereocenters. The van der Waals surface area contributed by atoms with Crippen LogP contribution in [0.5, 0.6) is 0 Å². The summed E-state index contributed by atoms with van der Waals surface area (Å²) in [7, 11) is 2.80. The van der Waals surface area contributed by atoms with Crippen LogP contribution < -0.4 is 4.90 Å². The molecule has 1 N–H and O–H groups in total. The number of carbonyl (C=O) groups excluding carboxylic acids is 2. The Bertz CT molecular complexity index is 551. The van der Waals surface area contributed by atoms with E-state index in [2.05, 4.69) is 0 Å². The summed E-state index contributed by atoms with van der Waals surface area (Å²) in [6, 6.07) is 6.72. The van der Waals surface area contributed by atoms with Crippen LogP contribution in [0.1, 0.15) is 5.56 Å². The number of fused-ring (bicyclic) bond motifs is 1. The second kappa shape index (κ2) is 5.40. The first-order valence-corrected chi connectivity index (χ1v) is 6.49. The molecule has 1 aliphatic heterocycles. The van der Waals surface area contributed by atoms with Crippen LogP contribution in [0.4, 0.5) is 5.69 Å². The molecule has 0 bridgehead atoms. The Morgan fingerprint density at radius 2 is 2.15 bits per heavy atom. The highest BCUT2D eigenvalue weighted by atomic mass is 35.5. The highest BCUT2D eigenvalue weighted by molar-refractivity contribution is 6.23. The highest BCUT2D eigenvalue weighted by Gasteiger charge is 2.49. The standard InChI is InChI=1S/C13H15ClN2O4/c1-15(20-2)11(17)7-16-10-6-4-3-5-9(10)13(19,8-14)12(16)18/h3-6,19H,7-8H2,1-2H3. The Morgan fingerprint density at radius 3 is 2.75 bits per heavy atom. The fourth-order valence-corrected chi connectivity index (χ4v) is 2.39. The number of nitrogens with zero attached hydrogens (tertiary/aromatic N) is 2. The molecule has 0 spiro atoms. The lowest BCUT2D eigenvalue weighted by atomic mass is 9.98. The number of halogens is 1. The van der Waals surface area contributed by atoms with E-state index in [0.29, 0.717) is 11.3 Å². The van der Waals surface area contributed by atoms with Crippen LogP contribution in [0.15, 0.2) is 24.3 Å². The zero-order valence-corrected chi connectivity index (χ0v) is 11.9. The van der Waals surface area contributed by atoms with E-state index in [1.54, 1.807) is 24.3 Å². The van der Waals surface area contributed by atoms with E-state index >= 15 is 0 Å². The van der Waals surface area contributed by atoms with Gasteiger partial charge in [-0.3, -0.25) is 19.3 Å². The summed E-state index contributed by atoms with van der Waals surface area (Å²) < 4.78 is 0. The molecule has 0 fully saturated rings. The molecule has 0 aliphatic carbocycles. The van der Waals surface area contributed by atoms with Crippen molar-refractivity contribution in [3.63, 3.8) is 0 Å². The fourth-order valence-electron chi connectivity index (χ4n) is 2.13. The minimum Gasteiger partial charge on any atom is -0.374 e. The Hall–Kier alpha value is -1.63. The molecule has 108 valence electrons. The van der Waals surface area contributed by atoms with E-state index in [4.69, 9.17) is 16.4 Å². The van der Waals surface area contributed by atoms with Crippen LogP contribution in [0.3, 0.4) is 0 Å². The molecule has 0 saturated carbocycles. The number of para-hydroxylation sites is 1. The summed E-state index contributed by atoms with van der Waals surface area (Å²) in [6.07, 6.45) is 0. The minimum atomic E-state index is -1.79. The molecule has 1 atom stereocenters. The van der Waals surface area contributed by atoms with Crippen LogP contribution in [0.25, 0.3) is 0 Å². The zero-order chi connectivity index (χ0) is 14.9. The monoisotopic (exact) mass is 298 g/mol. The third-order valence-corrected chi connectivity index (χ3v) is 3.74. The molecule has 1 aromatic rings. The predicted molar refractivity (Wildman–Crippen MR) is 73.2 cm³/mol. The summed E-state index contributed by atoms with van der Waals surface area (Å²) in [4.78, 5) is 30.2. The van der Waals surface area contributed by atoms with E-state index in [1.807, 2.05) is 0 Å². The average Bonchev–Trinajstić information content (AvgIpc) is 2.69. The summed E-state index contributed by atoms with van der Waals surface area (Å²) >= 11 is 5.75. The number of carbonyl (C=O) groups is 2. The summed E-state index contributed by atoms with van der Waals surface area (Å²) in [5.41, 5.74) is -0.893. The fraction of sp³-hybridized carbons (Fsp3) is 0.385. The third-order valence-electron chi connectivity index (χ3n) is 3.35. The topological polar surface area (TPSA) is 70.1 Å². The summed E-state index contributed by atoms with van der Waals surface area (Å²) in [5, 5.41) is 11.4. The number of rotatable bonds is 4. The molecule has 20 heavy (non-hydrogen) atoms. The summed E-state index contributed by atoms with van der Waals surface area (Å²) in [5.74, 6) is -1.28. The van der Waals surface area contributed by atoms with Crippen LogP contribution in [-0.4, -0.2) is 48.6 Å². The molecular weight excluding hydrogens is 284 g/mol. The summed E-state index contributed by atoms with van der Waals surface area (Å²) in [6.45, 7) is -0.223. The quantitative estimate of drug-likeness (QED) is 0.648. The lowest BCUT2D eigenvalue weighted by Crippen LogP contribution is -2.45. The van der Waals surface area contributed by atoms with Gasteiger partial charge in [0.05, 0.1) is 18.7 Å². The van der Waals surface area contributed by atoms with Gasteiger partial charge in [0, 0.05) is 12.6 Å². The molecule has 0 aromatic heterocycles.